The first-order valence-electron chi connectivity index (χ1n) is 7.00. The first kappa shape index (κ1) is 12.2. The van der Waals surface area contributed by atoms with Crippen LogP contribution < -0.4 is 0 Å². The van der Waals surface area contributed by atoms with E-state index in [2.05, 4.69) is 9.97 Å². The van der Waals surface area contributed by atoms with Gasteiger partial charge in [-0.1, -0.05) is 36.4 Å². The molecule has 3 aromatic rings. The Morgan fingerprint density at radius 1 is 0.810 bits per heavy atom. The number of aromatic nitrogens is 2. The van der Waals surface area contributed by atoms with Crippen molar-refractivity contribution in [1.82, 2.24) is 9.97 Å². The molecule has 102 valence electrons. The molecule has 2 aromatic carbocycles. The highest BCUT2D eigenvalue weighted by Gasteiger charge is 2.40. The predicted molar refractivity (Wildman–Crippen MR) is 82.3 cm³/mol. The van der Waals surface area contributed by atoms with Gasteiger partial charge in [0.25, 0.3) is 0 Å². The number of ketones is 1. The Morgan fingerprint density at radius 3 is 2.10 bits per heavy atom. The summed E-state index contributed by atoms with van der Waals surface area (Å²) in [5, 5.41) is 0. The molecule has 3 heteroatoms. The molecule has 0 spiro atoms. The van der Waals surface area contributed by atoms with E-state index in [1.54, 1.807) is 0 Å². The highest BCUT2D eigenvalue weighted by Crippen LogP contribution is 2.41. The summed E-state index contributed by atoms with van der Waals surface area (Å²) in [6, 6.07) is 15.6. The molecule has 21 heavy (non-hydrogen) atoms. The number of fused-ring (bicyclic) bond motifs is 4. The Balaban J connectivity index is 2.14. The van der Waals surface area contributed by atoms with E-state index in [-0.39, 0.29) is 5.78 Å². The maximum Gasteiger partial charge on any atom is 0.193 e. The van der Waals surface area contributed by atoms with Crippen molar-refractivity contribution in [3.05, 3.63) is 59.8 Å². The third kappa shape index (κ3) is 1.57. The molecule has 0 saturated carbocycles. The number of benzene rings is 2. The molecule has 1 aliphatic carbocycles. The third-order valence-corrected chi connectivity index (χ3v) is 4.21. The van der Waals surface area contributed by atoms with Crippen LogP contribution in [0.3, 0.4) is 0 Å². The number of carbonyl (C=O) groups is 1. The number of nitrogens with zero attached hydrogens (tertiary/aromatic N) is 2. The Morgan fingerprint density at radius 2 is 1.38 bits per heavy atom. The minimum absolute atomic E-state index is 0.0365. The maximum absolute atomic E-state index is 12.8. The Kier molecular flexibility index (Phi) is 2.31. The van der Waals surface area contributed by atoms with E-state index in [4.69, 9.17) is 0 Å². The van der Waals surface area contributed by atoms with Gasteiger partial charge in [-0.05, 0) is 31.5 Å². The van der Waals surface area contributed by atoms with Crippen LogP contribution in [0.15, 0.2) is 48.5 Å². The summed E-state index contributed by atoms with van der Waals surface area (Å²) in [5.41, 5.74) is 4.23. The first-order chi connectivity index (χ1) is 10.1. The topological polar surface area (TPSA) is 42.9 Å². The standard InChI is InChI=1S/C18H14N2O/c1-18(2)12-8-4-3-7-11(12)15-16(17(18)21)20-14-10-6-5-9-13(14)19-15/h3-10H,1-2H3. The number of Topliss-reactive ketones (excluding diaryl/α,β-unsaturated/α-hetero) is 1. The molecule has 0 fully saturated rings. The summed E-state index contributed by atoms with van der Waals surface area (Å²) >= 11 is 0. The number of hydrogen-bond donors (Lipinski definition) is 0. The molecule has 0 aliphatic heterocycles. The molecule has 1 aromatic heterocycles. The van der Waals surface area contributed by atoms with Crippen LogP contribution in [0.2, 0.25) is 0 Å². The zero-order chi connectivity index (χ0) is 14.6. The Hall–Kier alpha value is -2.55. The molecule has 1 heterocycles. The molecule has 1 aliphatic rings. The van der Waals surface area contributed by atoms with Gasteiger partial charge < -0.3 is 0 Å². The first-order valence-corrected chi connectivity index (χ1v) is 7.00. The van der Waals surface area contributed by atoms with Crippen LogP contribution in [0.4, 0.5) is 0 Å². The minimum Gasteiger partial charge on any atom is -0.291 e. The second kappa shape index (κ2) is 3.98. The van der Waals surface area contributed by atoms with E-state index in [0.717, 1.165) is 22.2 Å². The second-order valence-corrected chi connectivity index (χ2v) is 5.91. The van der Waals surface area contributed by atoms with Crippen molar-refractivity contribution in [1.29, 1.82) is 0 Å². The Labute approximate surface area is 122 Å². The second-order valence-electron chi connectivity index (χ2n) is 5.91. The van der Waals surface area contributed by atoms with E-state index in [0.29, 0.717) is 11.4 Å². The van der Waals surface area contributed by atoms with Crippen LogP contribution in [0.5, 0.6) is 0 Å². The average Bonchev–Trinajstić information content (AvgIpc) is 2.52. The van der Waals surface area contributed by atoms with E-state index in [1.807, 2.05) is 62.4 Å². The zero-order valence-corrected chi connectivity index (χ0v) is 11.9. The van der Waals surface area contributed by atoms with Crippen molar-refractivity contribution in [3.8, 4) is 11.3 Å². The van der Waals surface area contributed by atoms with Crippen LogP contribution in [-0.2, 0) is 5.41 Å². The van der Waals surface area contributed by atoms with E-state index in [9.17, 15) is 4.79 Å². The fraction of sp³-hybridized carbons (Fsp3) is 0.167. The third-order valence-electron chi connectivity index (χ3n) is 4.21. The molecule has 0 radical (unpaired) electrons. The summed E-state index contributed by atoms with van der Waals surface area (Å²) in [5.74, 6) is 0.0365. The van der Waals surface area contributed by atoms with Crippen LogP contribution in [0, 0.1) is 0 Å². The van der Waals surface area contributed by atoms with Crippen molar-refractivity contribution in [3.63, 3.8) is 0 Å². The number of carbonyl (C=O) groups excluding carboxylic acids is 1. The number of rotatable bonds is 0. The van der Waals surface area contributed by atoms with Crippen molar-refractivity contribution in [2.24, 2.45) is 0 Å². The SMILES string of the molecule is CC1(C)C(=O)c2nc3ccccc3nc2-c2ccccc21. The van der Waals surface area contributed by atoms with E-state index >= 15 is 0 Å². The zero-order valence-electron chi connectivity index (χ0n) is 11.9. The van der Waals surface area contributed by atoms with Gasteiger partial charge in [0.05, 0.1) is 16.4 Å². The molecule has 3 nitrogen and oxygen atoms in total. The fourth-order valence-corrected chi connectivity index (χ4v) is 3.00. The lowest BCUT2D eigenvalue weighted by Gasteiger charge is -2.31. The number of hydrogen-bond acceptors (Lipinski definition) is 3. The van der Waals surface area contributed by atoms with Gasteiger partial charge in [-0.25, -0.2) is 9.97 Å². The van der Waals surface area contributed by atoms with Crippen molar-refractivity contribution in [2.45, 2.75) is 19.3 Å². The summed E-state index contributed by atoms with van der Waals surface area (Å²) in [6.07, 6.45) is 0. The van der Waals surface area contributed by atoms with Gasteiger partial charge in [0.15, 0.2) is 5.78 Å². The molecule has 0 amide bonds. The quantitative estimate of drug-likeness (QED) is 0.626. The highest BCUT2D eigenvalue weighted by atomic mass is 16.1. The molecule has 0 N–H and O–H groups in total. The summed E-state index contributed by atoms with van der Waals surface area (Å²) < 4.78 is 0. The maximum atomic E-state index is 12.8. The van der Waals surface area contributed by atoms with Gasteiger partial charge in [-0.2, -0.15) is 0 Å². The van der Waals surface area contributed by atoms with Gasteiger partial charge in [0.2, 0.25) is 0 Å². The van der Waals surface area contributed by atoms with Crippen molar-refractivity contribution in [2.75, 3.05) is 0 Å². The Bertz CT molecular complexity index is 897. The van der Waals surface area contributed by atoms with Crippen LogP contribution in [0.1, 0.15) is 29.9 Å². The predicted octanol–water partition coefficient (Wildman–Crippen LogP) is 3.77. The number of para-hydroxylation sites is 2. The molecular formula is C18H14N2O. The lowest BCUT2D eigenvalue weighted by molar-refractivity contribution is 0.0901. The molecule has 0 bridgehead atoms. The van der Waals surface area contributed by atoms with Gasteiger partial charge in [0.1, 0.15) is 11.4 Å². The summed E-state index contributed by atoms with van der Waals surface area (Å²) in [4.78, 5) is 22.1. The minimum atomic E-state index is -0.569. The largest absolute Gasteiger partial charge is 0.291 e. The fourth-order valence-electron chi connectivity index (χ4n) is 3.00. The van der Waals surface area contributed by atoms with E-state index in [1.165, 1.54) is 0 Å². The summed E-state index contributed by atoms with van der Waals surface area (Å²) in [7, 11) is 0. The molecule has 4 rings (SSSR count). The van der Waals surface area contributed by atoms with Gasteiger partial charge in [-0.3, -0.25) is 4.79 Å². The molecule has 0 atom stereocenters. The monoisotopic (exact) mass is 274 g/mol. The van der Waals surface area contributed by atoms with Crippen LogP contribution in [0.25, 0.3) is 22.3 Å². The van der Waals surface area contributed by atoms with E-state index < -0.39 is 5.41 Å². The smallest absolute Gasteiger partial charge is 0.193 e. The van der Waals surface area contributed by atoms with Gasteiger partial charge in [-0.15, -0.1) is 0 Å². The highest BCUT2D eigenvalue weighted by molar-refractivity contribution is 6.11. The lowest BCUT2D eigenvalue weighted by atomic mass is 9.72. The van der Waals surface area contributed by atoms with Crippen LogP contribution in [-0.4, -0.2) is 15.8 Å². The normalized spacial score (nSPS) is 15.6. The van der Waals surface area contributed by atoms with Gasteiger partial charge >= 0.3 is 0 Å². The van der Waals surface area contributed by atoms with Crippen molar-refractivity contribution < 1.29 is 4.79 Å². The summed E-state index contributed by atoms with van der Waals surface area (Å²) in [6.45, 7) is 3.90. The molecule has 0 saturated heterocycles. The molecular weight excluding hydrogens is 260 g/mol. The lowest BCUT2D eigenvalue weighted by Crippen LogP contribution is -2.34. The van der Waals surface area contributed by atoms with Crippen LogP contribution >= 0.6 is 0 Å². The van der Waals surface area contributed by atoms with Gasteiger partial charge in [0, 0.05) is 5.56 Å². The van der Waals surface area contributed by atoms with Crippen molar-refractivity contribution >= 4 is 16.8 Å². The molecule has 0 unspecified atom stereocenters. The average molecular weight is 274 g/mol.